The monoisotopic (exact) mass is 264 g/mol. The molecule has 0 spiro atoms. The first-order valence-electron chi connectivity index (χ1n) is 6.50. The second-order valence-corrected chi connectivity index (χ2v) is 5.48. The molecule has 1 fully saturated rings. The maximum absolute atomic E-state index is 11.9. The van der Waals surface area contributed by atoms with Gasteiger partial charge in [0.2, 0.25) is 0 Å². The Hall–Kier alpha value is -1.16. The van der Waals surface area contributed by atoms with Crippen LogP contribution in [0.3, 0.4) is 0 Å². The van der Waals surface area contributed by atoms with Gasteiger partial charge in [-0.05, 0) is 31.2 Å². The minimum atomic E-state index is -0.0802. The zero-order valence-corrected chi connectivity index (χ0v) is 11.6. The van der Waals surface area contributed by atoms with Crippen LogP contribution in [0.4, 0.5) is 10.5 Å². The van der Waals surface area contributed by atoms with Crippen LogP contribution < -0.4 is 10.6 Å². The average molecular weight is 264 g/mol. The second kappa shape index (κ2) is 6.69. The predicted octanol–water partition coefficient (Wildman–Crippen LogP) is 3.86. The number of anilines is 1. The van der Waals surface area contributed by atoms with E-state index in [9.17, 15) is 4.79 Å². The van der Waals surface area contributed by atoms with Crippen molar-refractivity contribution in [2.24, 2.45) is 0 Å². The first kappa shape index (κ1) is 13.3. The smallest absolute Gasteiger partial charge is 0.319 e. The van der Waals surface area contributed by atoms with E-state index in [1.807, 2.05) is 30.5 Å². The normalized spacial score (nSPS) is 16.3. The molecule has 0 bridgehead atoms. The third-order valence-corrected chi connectivity index (χ3v) is 4.09. The van der Waals surface area contributed by atoms with Gasteiger partial charge in [0, 0.05) is 10.9 Å². The Morgan fingerprint density at radius 1 is 1.22 bits per heavy atom. The number of urea groups is 1. The first-order valence-corrected chi connectivity index (χ1v) is 7.72. The van der Waals surface area contributed by atoms with Crippen LogP contribution in [0, 0.1) is 0 Å². The van der Waals surface area contributed by atoms with Crippen molar-refractivity contribution in [1.29, 1.82) is 0 Å². The van der Waals surface area contributed by atoms with E-state index in [4.69, 9.17) is 0 Å². The zero-order chi connectivity index (χ0) is 12.8. The predicted molar refractivity (Wildman–Crippen MR) is 77.3 cm³/mol. The van der Waals surface area contributed by atoms with Gasteiger partial charge in [0.1, 0.15) is 0 Å². The van der Waals surface area contributed by atoms with Crippen LogP contribution >= 0.6 is 11.8 Å². The Labute approximate surface area is 113 Å². The van der Waals surface area contributed by atoms with Gasteiger partial charge >= 0.3 is 6.03 Å². The Balaban J connectivity index is 1.90. The van der Waals surface area contributed by atoms with Gasteiger partial charge in [-0.3, -0.25) is 0 Å². The van der Waals surface area contributed by atoms with Crippen molar-refractivity contribution >= 4 is 23.5 Å². The number of rotatable bonds is 3. The number of hydrogen-bond donors (Lipinski definition) is 2. The molecule has 3 nitrogen and oxygen atoms in total. The lowest BCUT2D eigenvalue weighted by Gasteiger charge is -2.23. The van der Waals surface area contributed by atoms with Gasteiger partial charge in [0.25, 0.3) is 0 Å². The molecule has 2 N–H and O–H groups in total. The molecule has 98 valence electrons. The summed E-state index contributed by atoms with van der Waals surface area (Å²) in [5.41, 5.74) is 0.887. The van der Waals surface area contributed by atoms with E-state index in [1.54, 1.807) is 11.8 Å². The van der Waals surface area contributed by atoms with Crippen molar-refractivity contribution in [1.82, 2.24) is 5.32 Å². The molecule has 0 unspecified atom stereocenters. The summed E-state index contributed by atoms with van der Waals surface area (Å²) in [6.07, 6.45) is 7.99. The van der Waals surface area contributed by atoms with Crippen LogP contribution in [0.25, 0.3) is 0 Å². The Morgan fingerprint density at radius 2 is 1.94 bits per heavy atom. The lowest BCUT2D eigenvalue weighted by Crippen LogP contribution is -2.39. The van der Waals surface area contributed by atoms with E-state index < -0.39 is 0 Å². The largest absolute Gasteiger partial charge is 0.335 e. The van der Waals surface area contributed by atoms with Gasteiger partial charge in [-0.25, -0.2) is 4.79 Å². The van der Waals surface area contributed by atoms with E-state index in [2.05, 4.69) is 10.6 Å². The number of para-hydroxylation sites is 1. The van der Waals surface area contributed by atoms with Crippen LogP contribution in [0.1, 0.15) is 32.1 Å². The summed E-state index contributed by atoms with van der Waals surface area (Å²) in [6.45, 7) is 0. The highest BCUT2D eigenvalue weighted by Gasteiger charge is 2.15. The van der Waals surface area contributed by atoms with Crippen LogP contribution in [-0.4, -0.2) is 18.3 Å². The molecule has 0 atom stereocenters. The van der Waals surface area contributed by atoms with Gasteiger partial charge in [0.15, 0.2) is 0 Å². The molecule has 2 amide bonds. The third kappa shape index (κ3) is 3.67. The molecule has 0 saturated heterocycles. The van der Waals surface area contributed by atoms with Crippen LogP contribution in [0.15, 0.2) is 29.2 Å². The number of carbonyl (C=O) groups excluding carboxylic acids is 1. The van der Waals surface area contributed by atoms with Crippen molar-refractivity contribution < 1.29 is 4.79 Å². The van der Waals surface area contributed by atoms with Crippen molar-refractivity contribution in [3.05, 3.63) is 24.3 Å². The third-order valence-electron chi connectivity index (χ3n) is 3.30. The van der Waals surface area contributed by atoms with Crippen molar-refractivity contribution in [2.75, 3.05) is 11.6 Å². The molecule has 0 aromatic heterocycles. The summed E-state index contributed by atoms with van der Waals surface area (Å²) in [7, 11) is 0. The van der Waals surface area contributed by atoms with Gasteiger partial charge in [-0.1, -0.05) is 31.4 Å². The highest BCUT2D eigenvalue weighted by atomic mass is 32.2. The summed E-state index contributed by atoms with van der Waals surface area (Å²) in [5.74, 6) is 0. The number of nitrogens with one attached hydrogen (secondary N) is 2. The summed E-state index contributed by atoms with van der Waals surface area (Å²) in [4.78, 5) is 13.0. The van der Waals surface area contributed by atoms with E-state index in [-0.39, 0.29) is 6.03 Å². The van der Waals surface area contributed by atoms with E-state index in [0.717, 1.165) is 23.4 Å². The van der Waals surface area contributed by atoms with Crippen LogP contribution in [0.2, 0.25) is 0 Å². The van der Waals surface area contributed by atoms with Crippen LogP contribution in [0.5, 0.6) is 0 Å². The number of carbonyl (C=O) groups is 1. The van der Waals surface area contributed by atoms with Gasteiger partial charge in [0.05, 0.1) is 5.69 Å². The Morgan fingerprint density at radius 3 is 2.67 bits per heavy atom. The molecule has 1 aliphatic carbocycles. The molecule has 1 aromatic rings. The van der Waals surface area contributed by atoms with Gasteiger partial charge in [-0.15, -0.1) is 11.8 Å². The zero-order valence-electron chi connectivity index (χ0n) is 10.7. The first-order chi connectivity index (χ1) is 8.79. The molecular weight excluding hydrogens is 244 g/mol. The molecule has 0 aliphatic heterocycles. The lowest BCUT2D eigenvalue weighted by molar-refractivity contribution is 0.244. The molecule has 1 aliphatic rings. The highest BCUT2D eigenvalue weighted by Crippen LogP contribution is 2.24. The fourth-order valence-electron chi connectivity index (χ4n) is 2.34. The fourth-order valence-corrected chi connectivity index (χ4v) is 2.89. The number of benzene rings is 1. The topological polar surface area (TPSA) is 41.1 Å². The number of amides is 2. The van der Waals surface area contributed by atoms with Crippen molar-refractivity contribution in [3.63, 3.8) is 0 Å². The standard InChI is InChI=1S/C14H20N2OS/c1-18-13-10-6-5-9-12(13)16-14(17)15-11-7-3-2-4-8-11/h5-6,9-11H,2-4,7-8H2,1H3,(H2,15,16,17). The number of thioether (sulfide) groups is 1. The van der Waals surface area contributed by atoms with E-state index in [1.165, 1.54) is 19.3 Å². The quantitative estimate of drug-likeness (QED) is 0.814. The Kier molecular flexibility index (Phi) is 4.93. The second-order valence-electron chi connectivity index (χ2n) is 4.63. The molecule has 0 radical (unpaired) electrons. The molecule has 18 heavy (non-hydrogen) atoms. The van der Waals surface area contributed by atoms with E-state index in [0.29, 0.717) is 6.04 Å². The molecule has 0 heterocycles. The fraction of sp³-hybridized carbons (Fsp3) is 0.500. The van der Waals surface area contributed by atoms with Gasteiger partial charge < -0.3 is 10.6 Å². The lowest BCUT2D eigenvalue weighted by atomic mass is 9.96. The van der Waals surface area contributed by atoms with Gasteiger partial charge in [-0.2, -0.15) is 0 Å². The summed E-state index contributed by atoms with van der Waals surface area (Å²) in [6, 6.07) is 8.14. The van der Waals surface area contributed by atoms with Crippen molar-refractivity contribution in [3.8, 4) is 0 Å². The summed E-state index contributed by atoms with van der Waals surface area (Å²) < 4.78 is 0. The van der Waals surface area contributed by atoms with E-state index >= 15 is 0 Å². The molecular formula is C14H20N2OS. The maximum atomic E-state index is 11.9. The Bertz CT molecular complexity index is 403. The average Bonchev–Trinajstić information content (AvgIpc) is 2.40. The minimum Gasteiger partial charge on any atom is -0.335 e. The number of hydrogen-bond acceptors (Lipinski definition) is 2. The maximum Gasteiger partial charge on any atom is 0.319 e. The van der Waals surface area contributed by atoms with Crippen molar-refractivity contribution in [2.45, 2.75) is 43.0 Å². The molecule has 1 aromatic carbocycles. The highest BCUT2D eigenvalue weighted by molar-refractivity contribution is 7.98. The molecule has 1 saturated carbocycles. The van der Waals surface area contributed by atoms with Crippen LogP contribution in [-0.2, 0) is 0 Å². The summed E-state index contributed by atoms with van der Waals surface area (Å²) in [5, 5.41) is 6.00. The molecule has 2 rings (SSSR count). The SMILES string of the molecule is CSc1ccccc1NC(=O)NC1CCCCC1. The molecule has 4 heteroatoms. The minimum absolute atomic E-state index is 0.0802. The summed E-state index contributed by atoms with van der Waals surface area (Å²) >= 11 is 1.64.